The summed E-state index contributed by atoms with van der Waals surface area (Å²) in [6.45, 7) is 10.0. The SMILES string of the molecule is CC(C)C1CCCC(O)(C2(CN)CCC(C)(C)CC2)CC1. The molecule has 3 N–H and O–H groups in total. The molecule has 0 bridgehead atoms. The molecular weight excluding hydrogens is 258 g/mol. The first-order valence-corrected chi connectivity index (χ1v) is 9.16. The van der Waals surface area contributed by atoms with Crippen LogP contribution >= 0.6 is 0 Å². The fourth-order valence-corrected chi connectivity index (χ4v) is 4.81. The molecule has 0 aromatic carbocycles. The van der Waals surface area contributed by atoms with Gasteiger partial charge in [0.1, 0.15) is 0 Å². The first-order chi connectivity index (χ1) is 9.74. The maximum Gasteiger partial charge on any atom is 0.0715 e. The molecule has 2 aliphatic carbocycles. The molecule has 2 fully saturated rings. The molecule has 2 rings (SSSR count). The summed E-state index contributed by atoms with van der Waals surface area (Å²) < 4.78 is 0. The van der Waals surface area contributed by atoms with E-state index in [0.717, 1.165) is 37.5 Å². The average molecular weight is 296 g/mol. The Labute approximate surface area is 131 Å². The number of hydrogen-bond donors (Lipinski definition) is 2. The first kappa shape index (κ1) is 17.3. The van der Waals surface area contributed by atoms with Gasteiger partial charge in [-0.3, -0.25) is 0 Å². The van der Waals surface area contributed by atoms with Crippen molar-refractivity contribution >= 4 is 0 Å². The van der Waals surface area contributed by atoms with E-state index in [2.05, 4.69) is 27.7 Å². The summed E-state index contributed by atoms with van der Waals surface area (Å²) in [7, 11) is 0. The topological polar surface area (TPSA) is 46.2 Å². The average Bonchev–Trinajstić information content (AvgIpc) is 2.62. The van der Waals surface area contributed by atoms with Crippen molar-refractivity contribution < 1.29 is 5.11 Å². The summed E-state index contributed by atoms with van der Waals surface area (Å²) in [6, 6.07) is 0. The highest BCUT2D eigenvalue weighted by Gasteiger charge is 2.52. The summed E-state index contributed by atoms with van der Waals surface area (Å²) in [5.74, 6) is 1.53. The number of aliphatic hydroxyl groups is 1. The van der Waals surface area contributed by atoms with Crippen LogP contribution in [0.1, 0.15) is 85.5 Å². The lowest BCUT2D eigenvalue weighted by molar-refractivity contribution is -0.121. The summed E-state index contributed by atoms with van der Waals surface area (Å²) >= 11 is 0. The zero-order valence-corrected chi connectivity index (χ0v) is 14.8. The van der Waals surface area contributed by atoms with Crippen LogP contribution in [0.2, 0.25) is 0 Å². The van der Waals surface area contributed by atoms with E-state index in [1.54, 1.807) is 0 Å². The van der Waals surface area contributed by atoms with Gasteiger partial charge in [-0.1, -0.05) is 40.5 Å². The van der Waals surface area contributed by atoms with E-state index in [4.69, 9.17) is 5.73 Å². The lowest BCUT2D eigenvalue weighted by Crippen LogP contribution is -2.55. The van der Waals surface area contributed by atoms with Gasteiger partial charge in [-0.25, -0.2) is 0 Å². The Balaban J connectivity index is 2.13. The molecule has 0 aliphatic heterocycles. The van der Waals surface area contributed by atoms with Gasteiger partial charge in [0.15, 0.2) is 0 Å². The summed E-state index contributed by atoms with van der Waals surface area (Å²) in [6.07, 6.45) is 10.2. The van der Waals surface area contributed by atoms with Crippen molar-refractivity contribution in [2.75, 3.05) is 6.54 Å². The third-order valence-corrected chi connectivity index (χ3v) is 6.98. The largest absolute Gasteiger partial charge is 0.389 e. The fraction of sp³-hybridized carbons (Fsp3) is 1.00. The summed E-state index contributed by atoms with van der Waals surface area (Å²) in [5.41, 5.74) is 6.13. The molecule has 2 heteroatoms. The lowest BCUT2D eigenvalue weighted by Gasteiger charge is -2.52. The Hall–Kier alpha value is -0.0800. The minimum absolute atomic E-state index is 0.0195. The normalized spacial score (nSPS) is 36.4. The monoisotopic (exact) mass is 295 g/mol. The fourth-order valence-electron chi connectivity index (χ4n) is 4.81. The highest BCUT2D eigenvalue weighted by Crippen LogP contribution is 2.54. The van der Waals surface area contributed by atoms with E-state index < -0.39 is 5.60 Å². The Morgan fingerprint density at radius 3 is 2.14 bits per heavy atom. The zero-order valence-electron chi connectivity index (χ0n) is 14.8. The smallest absolute Gasteiger partial charge is 0.0715 e. The van der Waals surface area contributed by atoms with Gasteiger partial charge in [0.2, 0.25) is 0 Å². The Morgan fingerprint density at radius 1 is 1.00 bits per heavy atom. The van der Waals surface area contributed by atoms with Gasteiger partial charge in [-0.15, -0.1) is 0 Å². The van der Waals surface area contributed by atoms with Crippen LogP contribution in [0, 0.1) is 22.7 Å². The quantitative estimate of drug-likeness (QED) is 0.753. The Bertz CT molecular complexity index is 339. The van der Waals surface area contributed by atoms with E-state index in [1.165, 1.54) is 32.1 Å². The molecule has 2 atom stereocenters. The predicted molar refractivity (Wildman–Crippen MR) is 90.1 cm³/mol. The van der Waals surface area contributed by atoms with Crippen LogP contribution in [0.4, 0.5) is 0 Å². The van der Waals surface area contributed by atoms with Crippen LogP contribution in [0.3, 0.4) is 0 Å². The minimum Gasteiger partial charge on any atom is -0.389 e. The Kier molecular flexibility index (Phi) is 5.10. The minimum atomic E-state index is -0.512. The second-order valence-corrected chi connectivity index (χ2v) is 9.12. The van der Waals surface area contributed by atoms with Gasteiger partial charge in [0.25, 0.3) is 0 Å². The van der Waals surface area contributed by atoms with Gasteiger partial charge in [0.05, 0.1) is 5.60 Å². The van der Waals surface area contributed by atoms with Crippen LogP contribution < -0.4 is 5.73 Å². The summed E-state index contributed by atoms with van der Waals surface area (Å²) in [4.78, 5) is 0. The maximum absolute atomic E-state index is 11.5. The van der Waals surface area contributed by atoms with Crippen molar-refractivity contribution in [1.82, 2.24) is 0 Å². The highest BCUT2D eigenvalue weighted by atomic mass is 16.3. The van der Waals surface area contributed by atoms with Crippen LogP contribution in [-0.4, -0.2) is 17.3 Å². The molecule has 21 heavy (non-hydrogen) atoms. The second-order valence-electron chi connectivity index (χ2n) is 9.12. The van der Waals surface area contributed by atoms with Crippen molar-refractivity contribution in [2.45, 2.75) is 91.1 Å². The third-order valence-electron chi connectivity index (χ3n) is 6.98. The molecule has 2 aliphatic rings. The van der Waals surface area contributed by atoms with Gasteiger partial charge < -0.3 is 10.8 Å². The lowest BCUT2D eigenvalue weighted by atomic mass is 9.56. The van der Waals surface area contributed by atoms with E-state index in [0.29, 0.717) is 12.0 Å². The van der Waals surface area contributed by atoms with E-state index in [1.807, 2.05) is 0 Å². The predicted octanol–water partition coefficient (Wildman–Crippen LogP) is 4.50. The zero-order chi connectivity index (χ0) is 15.7. The van der Waals surface area contributed by atoms with Crippen molar-refractivity contribution in [3.63, 3.8) is 0 Å². The molecule has 2 saturated carbocycles. The number of hydrogen-bond acceptors (Lipinski definition) is 2. The molecular formula is C19H37NO. The van der Waals surface area contributed by atoms with Crippen molar-refractivity contribution in [3.8, 4) is 0 Å². The molecule has 0 radical (unpaired) electrons. The second kappa shape index (κ2) is 6.20. The molecule has 0 heterocycles. The third kappa shape index (κ3) is 3.47. The molecule has 2 unspecified atom stereocenters. The molecule has 0 amide bonds. The Morgan fingerprint density at radius 2 is 1.62 bits per heavy atom. The van der Waals surface area contributed by atoms with Crippen LogP contribution in [0.5, 0.6) is 0 Å². The van der Waals surface area contributed by atoms with Gasteiger partial charge in [0, 0.05) is 12.0 Å². The standard InChI is InChI=1S/C19H37NO/c1-15(2)16-6-5-8-19(21,9-7-16)18(14-20)12-10-17(3,4)11-13-18/h15-16,21H,5-14,20H2,1-4H3. The van der Waals surface area contributed by atoms with Gasteiger partial charge in [-0.2, -0.15) is 0 Å². The molecule has 0 aromatic heterocycles. The van der Waals surface area contributed by atoms with E-state index in [-0.39, 0.29) is 5.41 Å². The first-order valence-electron chi connectivity index (χ1n) is 9.16. The van der Waals surface area contributed by atoms with Crippen LogP contribution in [0.15, 0.2) is 0 Å². The molecule has 0 spiro atoms. The van der Waals surface area contributed by atoms with Crippen molar-refractivity contribution in [3.05, 3.63) is 0 Å². The van der Waals surface area contributed by atoms with Crippen molar-refractivity contribution in [2.24, 2.45) is 28.4 Å². The number of rotatable bonds is 3. The summed E-state index contributed by atoms with van der Waals surface area (Å²) in [5, 5.41) is 11.5. The maximum atomic E-state index is 11.5. The van der Waals surface area contributed by atoms with Crippen LogP contribution in [0.25, 0.3) is 0 Å². The molecule has 124 valence electrons. The van der Waals surface area contributed by atoms with E-state index in [9.17, 15) is 5.11 Å². The number of nitrogens with two attached hydrogens (primary N) is 1. The van der Waals surface area contributed by atoms with E-state index >= 15 is 0 Å². The molecule has 0 aromatic rings. The highest BCUT2D eigenvalue weighted by molar-refractivity contribution is 5.04. The van der Waals surface area contributed by atoms with Gasteiger partial charge in [-0.05, 0) is 62.2 Å². The van der Waals surface area contributed by atoms with Crippen molar-refractivity contribution in [1.29, 1.82) is 0 Å². The van der Waals surface area contributed by atoms with Gasteiger partial charge >= 0.3 is 0 Å². The molecule has 0 saturated heterocycles. The van der Waals surface area contributed by atoms with Crippen LogP contribution in [-0.2, 0) is 0 Å². The molecule has 2 nitrogen and oxygen atoms in total.